The summed E-state index contributed by atoms with van der Waals surface area (Å²) in [5, 5.41) is 7.06. The van der Waals surface area contributed by atoms with Crippen LogP contribution >= 0.6 is 0 Å². The van der Waals surface area contributed by atoms with Crippen molar-refractivity contribution in [3.8, 4) is 0 Å². The van der Waals surface area contributed by atoms with Crippen molar-refractivity contribution in [1.29, 1.82) is 0 Å². The van der Waals surface area contributed by atoms with E-state index in [0.29, 0.717) is 12.0 Å². The molecule has 0 N–H and O–H groups in total. The smallest absolute Gasteiger partial charge is 0.250 e. The van der Waals surface area contributed by atoms with Crippen LogP contribution in [0.1, 0.15) is 56.8 Å². The fourth-order valence-electron chi connectivity index (χ4n) is 5.29. The number of hydrogen-bond acceptors (Lipinski definition) is 6. The number of aromatic nitrogens is 5. The van der Waals surface area contributed by atoms with Crippen LogP contribution in [0.4, 0.5) is 0 Å². The lowest BCUT2D eigenvalue weighted by Gasteiger charge is -2.47. The van der Waals surface area contributed by atoms with Gasteiger partial charge in [0.15, 0.2) is 0 Å². The fourth-order valence-corrected chi connectivity index (χ4v) is 5.29. The second kappa shape index (κ2) is 7.91. The normalized spacial score (nSPS) is 22.5. The van der Waals surface area contributed by atoms with Crippen molar-refractivity contribution in [2.24, 2.45) is 7.05 Å². The molecule has 1 unspecified atom stereocenters. The molecular formula is C26H31N7O. The van der Waals surface area contributed by atoms with Gasteiger partial charge in [-0.1, -0.05) is 6.07 Å². The van der Waals surface area contributed by atoms with Crippen LogP contribution in [0, 0.1) is 0 Å². The topological polar surface area (TPSA) is 72.1 Å². The molecular weight excluding hydrogens is 426 g/mol. The summed E-state index contributed by atoms with van der Waals surface area (Å²) in [6, 6.07) is 10.8. The summed E-state index contributed by atoms with van der Waals surface area (Å²) < 4.78 is 1.66. The quantitative estimate of drug-likeness (QED) is 0.468. The molecule has 0 bridgehead atoms. The van der Waals surface area contributed by atoms with Crippen molar-refractivity contribution < 1.29 is 0 Å². The van der Waals surface area contributed by atoms with Crippen LogP contribution in [0.3, 0.4) is 0 Å². The number of rotatable bonds is 4. The number of piperazine rings is 1. The first-order valence-electron chi connectivity index (χ1n) is 12.2. The van der Waals surface area contributed by atoms with Gasteiger partial charge in [0.2, 0.25) is 0 Å². The molecule has 6 rings (SSSR count). The molecule has 3 atom stereocenters. The van der Waals surface area contributed by atoms with Crippen LogP contribution in [-0.2, 0) is 7.05 Å². The Kier molecular flexibility index (Phi) is 4.95. The Labute approximate surface area is 198 Å². The monoisotopic (exact) mass is 457 g/mol. The Morgan fingerprint density at radius 1 is 1.00 bits per heavy atom. The van der Waals surface area contributed by atoms with Crippen molar-refractivity contribution >= 4 is 22.1 Å². The first-order chi connectivity index (χ1) is 16.4. The Morgan fingerprint density at radius 2 is 1.79 bits per heavy atom. The molecule has 3 aromatic heterocycles. The van der Waals surface area contributed by atoms with Crippen molar-refractivity contribution in [3.05, 3.63) is 64.3 Å². The third kappa shape index (κ3) is 3.57. The standard InChI is InChI=1S/C26H31N7O/c1-16-14-32(33-15-25-22(29-33)9-10-26(34)30(25)4)17(2)13-31(16)18(3)20-7-8-21-23(11-20)28-24(12-27-21)19-5-6-19/h7-12,15-19H,5-6,13-14H2,1-4H3/t16-,17+,18?/m1/s1. The molecule has 4 heterocycles. The number of benzene rings is 1. The number of hydrogen-bond donors (Lipinski definition) is 0. The fraction of sp³-hybridized carbons (Fsp3) is 0.462. The van der Waals surface area contributed by atoms with Gasteiger partial charge in [-0.25, -0.2) is 4.98 Å². The lowest BCUT2D eigenvalue weighted by Crippen LogP contribution is -2.60. The molecule has 176 valence electrons. The predicted octanol–water partition coefficient (Wildman–Crippen LogP) is 3.35. The first kappa shape index (κ1) is 21.3. The van der Waals surface area contributed by atoms with E-state index in [1.54, 1.807) is 23.7 Å². The van der Waals surface area contributed by atoms with Crippen molar-refractivity contribution in [3.63, 3.8) is 0 Å². The molecule has 4 aromatic rings. The molecule has 0 radical (unpaired) electrons. The van der Waals surface area contributed by atoms with E-state index in [2.05, 4.69) is 53.9 Å². The molecule has 1 aromatic carbocycles. The summed E-state index contributed by atoms with van der Waals surface area (Å²) >= 11 is 0. The molecule has 1 aliphatic heterocycles. The molecule has 1 saturated heterocycles. The minimum atomic E-state index is -0.0172. The van der Waals surface area contributed by atoms with Crippen molar-refractivity contribution in [2.45, 2.75) is 57.7 Å². The molecule has 34 heavy (non-hydrogen) atoms. The zero-order valence-electron chi connectivity index (χ0n) is 20.2. The van der Waals surface area contributed by atoms with Crippen LogP contribution in [0.2, 0.25) is 0 Å². The van der Waals surface area contributed by atoms with Gasteiger partial charge in [0.1, 0.15) is 5.52 Å². The molecule has 2 fully saturated rings. The zero-order valence-corrected chi connectivity index (χ0v) is 20.2. The lowest BCUT2D eigenvalue weighted by atomic mass is 10.0. The highest BCUT2D eigenvalue weighted by Crippen LogP contribution is 2.39. The predicted molar refractivity (Wildman–Crippen MR) is 134 cm³/mol. The summed E-state index contributed by atoms with van der Waals surface area (Å²) in [7, 11) is 1.80. The highest BCUT2D eigenvalue weighted by molar-refractivity contribution is 5.75. The van der Waals surface area contributed by atoms with Gasteiger partial charge in [0.25, 0.3) is 5.56 Å². The average Bonchev–Trinajstić information content (AvgIpc) is 3.60. The van der Waals surface area contributed by atoms with E-state index in [-0.39, 0.29) is 17.6 Å². The van der Waals surface area contributed by atoms with E-state index in [1.807, 2.05) is 17.2 Å². The number of aryl methyl sites for hydroxylation is 1. The van der Waals surface area contributed by atoms with E-state index in [1.165, 1.54) is 18.4 Å². The van der Waals surface area contributed by atoms with Gasteiger partial charge in [-0.15, -0.1) is 0 Å². The summed E-state index contributed by atoms with van der Waals surface area (Å²) in [4.78, 5) is 26.1. The van der Waals surface area contributed by atoms with Gasteiger partial charge < -0.3 is 4.57 Å². The largest absolute Gasteiger partial charge is 0.308 e. The Hall–Kier alpha value is -3.26. The average molecular weight is 458 g/mol. The molecule has 8 heteroatoms. The molecule has 0 amide bonds. The maximum absolute atomic E-state index is 12.0. The van der Waals surface area contributed by atoms with E-state index in [4.69, 9.17) is 10.1 Å². The van der Waals surface area contributed by atoms with E-state index in [9.17, 15) is 4.79 Å². The molecule has 0 spiro atoms. The van der Waals surface area contributed by atoms with Gasteiger partial charge in [-0.05, 0) is 57.4 Å². The Morgan fingerprint density at radius 3 is 2.59 bits per heavy atom. The number of fused-ring (bicyclic) bond motifs is 2. The molecule has 2 aliphatic rings. The Balaban J connectivity index is 1.25. The summed E-state index contributed by atoms with van der Waals surface area (Å²) in [6.07, 6.45) is 6.39. The van der Waals surface area contributed by atoms with Gasteiger partial charge in [0.05, 0.1) is 41.0 Å². The molecule has 8 nitrogen and oxygen atoms in total. The van der Waals surface area contributed by atoms with E-state index >= 15 is 0 Å². The lowest BCUT2D eigenvalue weighted by molar-refractivity contribution is 0.103. The third-order valence-corrected chi connectivity index (χ3v) is 7.61. The van der Waals surface area contributed by atoms with Crippen LogP contribution in [0.5, 0.6) is 0 Å². The second-order valence-electron chi connectivity index (χ2n) is 10.1. The zero-order chi connectivity index (χ0) is 23.6. The van der Waals surface area contributed by atoms with Crippen LogP contribution < -0.4 is 10.6 Å². The van der Waals surface area contributed by atoms with Crippen molar-refractivity contribution in [2.75, 3.05) is 18.1 Å². The third-order valence-electron chi connectivity index (χ3n) is 7.61. The maximum Gasteiger partial charge on any atom is 0.250 e. The van der Waals surface area contributed by atoms with Crippen LogP contribution in [-0.4, -0.2) is 54.5 Å². The minimum Gasteiger partial charge on any atom is -0.308 e. The Bertz CT molecular complexity index is 1440. The van der Waals surface area contributed by atoms with E-state index in [0.717, 1.165) is 40.9 Å². The second-order valence-corrected chi connectivity index (χ2v) is 10.1. The summed E-state index contributed by atoms with van der Waals surface area (Å²) in [5.41, 5.74) is 6.05. The van der Waals surface area contributed by atoms with Crippen LogP contribution in [0.25, 0.3) is 22.1 Å². The van der Waals surface area contributed by atoms with Gasteiger partial charge in [0, 0.05) is 43.9 Å². The van der Waals surface area contributed by atoms with Gasteiger partial charge in [-0.2, -0.15) is 9.89 Å². The molecule has 1 saturated carbocycles. The molecule has 1 aliphatic carbocycles. The highest BCUT2D eigenvalue weighted by Gasteiger charge is 2.33. The van der Waals surface area contributed by atoms with Crippen molar-refractivity contribution in [1.82, 2.24) is 29.3 Å². The SMILES string of the molecule is CC(c1ccc2ncc(C3CC3)nc2c1)N1C[C@H](C)N(n2cc3c(ccc(=O)n3C)n2)C[C@H]1C. The van der Waals surface area contributed by atoms with Gasteiger partial charge in [-0.3, -0.25) is 19.7 Å². The minimum absolute atomic E-state index is 0.0172. The first-order valence-corrected chi connectivity index (χ1v) is 12.2. The summed E-state index contributed by atoms with van der Waals surface area (Å²) in [5.74, 6) is 0.605. The van der Waals surface area contributed by atoms with Gasteiger partial charge >= 0.3 is 0 Å². The number of pyridine rings is 1. The van der Waals surface area contributed by atoms with E-state index < -0.39 is 0 Å². The number of nitrogens with zero attached hydrogens (tertiary/aromatic N) is 7. The highest BCUT2D eigenvalue weighted by atomic mass is 16.1. The summed E-state index contributed by atoms with van der Waals surface area (Å²) in [6.45, 7) is 8.58. The van der Waals surface area contributed by atoms with Crippen LogP contribution in [0.15, 0.2) is 47.5 Å². The maximum atomic E-state index is 12.0.